The number of hydrogen-bond acceptors (Lipinski definition) is 4. The molecular formula is C14H22N4. The first-order chi connectivity index (χ1) is 8.84. The number of nitrogens with zero attached hydrogens (tertiary/aromatic N) is 3. The average Bonchev–Trinajstić information content (AvgIpc) is 2.38. The van der Waals surface area contributed by atoms with Gasteiger partial charge in [-0.05, 0) is 50.9 Å². The van der Waals surface area contributed by atoms with E-state index in [1.54, 1.807) is 0 Å². The zero-order valence-electron chi connectivity index (χ0n) is 11.1. The van der Waals surface area contributed by atoms with Crippen molar-refractivity contribution in [2.24, 2.45) is 0 Å². The molecule has 2 heterocycles. The Hall–Kier alpha value is -1.16. The Morgan fingerprint density at radius 3 is 2.44 bits per heavy atom. The molecule has 4 heteroatoms. The minimum absolute atomic E-state index is 0.607. The van der Waals surface area contributed by atoms with Crippen LogP contribution in [0.5, 0.6) is 0 Å². The molecule has 0 radical (unpaired) electrons. The molecule has 1 aliphatic heterocycles. The van der Waals surface area contributed by atoms with Crippen molar-refractivity contribution in [3.8, 4) is 0 Å². The van der Waals surface area contributed by atoms with Gasteiger partial charge in [-0.15, -0.1) is 5.10 Å². The maximum absolute atomic E-state index is 4.41. The zero-order valence-corrected chi connectivity index (χ0v) is 11.1. The Kier molecular flexibility index (Phi) is 3.46. The van der Waals surface area contributed by atoms with Gasteiger partial charge >= 0.3 is 0 Å². The molecule has 3 rings (SSSR count). The molecule has 1 N–H and O–H groups in total. The molecule has 1 aliphatic carbocycles. The molecular weight excluding hydrogens is 224 g/mol. The Balaban J connectivity index is 1.67. The van der Waals surface area contributed by atoms with Crippen molar-refractivity contribution in [3.05, 3.63) is 17.8 Å². The van der Waals surface area contributed by atoms with Gasteiger partial charge in [-0.25, -0.2) is 0 Å². The molecule has 1 aromatic rings. The van der Waals surface area contributed by atoms with Crippen molar-refractivity contribution in [2.75, 3.05) is 25.0 Å². The number of nitrogens with one attached hydrogen (secondary N) is 1. The molecule has 0 unspecified atom stereocenters. The highest BCUT2D eigenvalue weighted by molar-refractivity contribution is 5.38. The summed E-state index contributed by atoms with van der Waals surface area (Å²) in [7, 11) is 2.14. The maximum atomic E-state index is 4.41. The summed E-state index contributed by atoms with van der Waals surface area (Å²) in [4.78, 5) is 2.29. The summed E-state index contributed by atoms with van der Waals surface area (Å²) in [5, 5.41) is 12.2. The van der Waals surface area contributed by atoms with E-state index in [4.69, 9.17) is 0 Å². The van der Waals surface area contributed by atoms with Crippen LogP contribution in [0.3, 0.4) is 0 Å². The van der Waals surface area contributed by atoms with E-state index in [1.165, 1.54) is 37.8 Å². The van der Waals surface area contributed by atoms with Gasteiger partial charge in [-0.3, -0.25) is 0 Å². The summed E-state index contributed by atoms with van der Waals surface area (Å²) in [6.45, 7) is 2.23. The summed E-state index contributed by atoms with van der Waals surface area (Å²) < 4.78 is 0. The van der Waals surface area contributed by atoms with Crippen molar-refractivity contribution < 1.29 is 0 Å². The van der Waals surface area contributed by atoms with E-state index in [2.05, 4.69) is 39.6 Å². The number of aromatic nitrogens is 2. The molecule has 0 atom stereocenters. The highest BCUT2D eigenvalue weighted by atomic mass is 15.3. The third kappa shape index (κ3) is 2.34. The highest BCUT2D eigenvalue weighted by Gasteiger charge is 2.22. The van der Waals surface area contributed by atoms with Crippen molar-refractivity contribution in [1.29, 1.82) is 0 Å². The minimum Gasteiger partial charge on any atom is -0.355 e. The second-order valence-corrected chi connectivity index (χ2v) is 5.54. The molecule has 2 fully saturated rings. The number of anilines is 1. The fourth-order valence-electron chi connectivity index (χ4n) is 2.83. The molecule has 0 amide bonds. The lowest BCUT2D eigenvalue weighted by Crippen LogP contribution is -2.41. The predicted molar refractivity (Wildman–Crippen MR) is 72.9 cm³/mol. The third-order valence-electron chi connectivity index (χ3n) is 4.41. The van der Waals surface area contributed by atoms with Crippen LogP contribution in [0.2, 0.25) is 0 Å². The zero-order chi connectivity index (χ0) is 12.4. The summed E-state index contributed by atoms with van der Waals surface area (Å²) in [6, 6.07) is 4.92. The van der Waals surface area contributed by atoms with Crippen LogP contribution in [-0.4, -0.2) is 36.4 Å². The van der Waals surface area contributed by atoms with Crippen molar-refractivity contribution in [3.63, 3.8) is 0 Å². The van der Waals surface area contributed by atoms with Crippen molar-refractivity contribution in [2.45, 2.75) is 44.1 Å². The summed E-state index contributed by atoms with van der Waals surface area (Å²) in [5.41, 5.74) is 1.18. The quantitative estimate of drug-likeness (QED) is 0.885. The first-order valence-electron chi connectivity index (χ1n) is 7.12. The number of rotatable bonds is 3. The monoisotopic (exact) mass is 246 g/mol. The number of piperidine rings is 1. The van der Waals surface area contributed by atoms with E-state index in [0.29, 0.717) is 12.0 Å². The standard InChI is InChI=1S/C14H22N4/c1-18(12-7-9-15-10-8-12)14-6-5-13(16-17-14)11-3-2-4-11/h5-6,11-12,15H,2-4,7-10H2,1H3. The SMILES string of the molecule is CN(c1ccc(C2CCC2)nn1)C1CCNCC1. The molecule has 2 aliphatic rings. The van der Waals surface area contributed by atoms with Gasteiger partial charge in [0, 0.05) is 19.0 Å². The molecule has 18 heavy (non-hydrogen) atoms. The lowest BCUT2D eigenvalue weighted by Gasteiger charge is -2.32. The largest absolute Gasteiger partial charge is 0.355 e. The third-order valence-corrected chi connectivity index (χ3v) is 4.41. The average molecular weight is 246 g/mol. The molecule has 4 nitrogen and oxygen atoms in total. The fourth-order valence-corrected chi connectivity index (χ4v) is 2.83. The minimum atomic E-state index is 0.607. The van der Waals surface area contributed by atoms with E-state index < -0.39 is 0 Å². The van der Waals surface area contributed by atoms with Crippen LogP contribution in [0.4, 0.5) is 5.82 Å². The molecule has 1 aromatic heterocycles. The molecule has 0 spiro atoms. The Morgan fingerprint density at radius 1 is 1.11 bits per heavy atom. The topological polar surface area (TPSA) is 41.1 Å². The smallest absolute Gasteiger partial charge is 0.151 e. The highest BCUT2D eigenvalue weighted by Crippen LogP contribution is 2.35. The van der Waals surface area contributed by atoms with Crippen LogP contribution >= 0.6 is 0 Å². The van der Waals surface area contributed by atoms with E-state index in [-0.39, 0.29) is 0 Å². The summed E-state index contributed by atoms with van der Waals surface area (Å²) in [6.07, 6.45) is 6.32. The maximum Gasteiger partial charge on any atom is 0.151 e. The van der Waals surface area contributed by atoms with E-state index >= 15 is 0 Å². The first-order valence-corrected chi connectivity index (χ1v) is 7.12. The van der Waals surface area contributed by atoms with E-state index in [1.807, 2.05) is 0 Å². The Morgan fingerprint density at radius 2 is 1.89 bits per heavy atom. The van der Waals surface area contributed by atoms with Crippen LogP contribution in [0.15, 0.2) is 12.1 Å². The van der Waals surface area contributed by atoms with Gasteiger partial charge in [-0.1, -0.05) is 6.42 Å². The summed E-state index contributed by atoms with van der Waals surface area (Å²) in [5.74, 6) is 1.70. The van der Waals surface area contributed by atoms with Crippen molar-refractivity contribution >= 4 is 5.82 Å². The second kappa shape index (κ2) is 5.22. The van der Waals surface area contributed by atoms with Gasteiger partial charge in [-0.2, -0.15) is 5.10 Å². The van der Waals surface area contributed by atoms with Gasteiger partial charge in [0.2, 0.25) is 0 Å². The lowest BCUT2D eigenvalue weighted by molar-refractivity contribution is 0.407. The van der Waals surface area contributed by atoms with Gasteiger partial charge in [0.05, 0.1) is 5.69 Å². The predicted octanol–water partition coefficient (Wildman–Crippen LogP) is 1.93. The molecule has 0 bridgehead atoms. The molecule has 1 saturated heterocycles. The molecule has 0 aromatic carbocycles. The van der Waals surface area contributed by atoms with Crippen LogP contribution in [-0.2, 0) is 0 Å². The van der Waals surface area contributed by atoms with Gasteiger partial charge in [0.1, 0.15) is 0 Å². The van der Waals surface area contributed by atoms with Crippen LogP contribution in [0.1, 0.15) is 43.7 Å². The van der Waals surface area contributed by atoms with E-state index in [9.17, 15) is 0 Å². The fraction of sp³-hybridized carbons (Fsp3) is 0.714. The van der Waals surface area contributed by atoms with Gasteiger partial charge < -0.3 is 10.2 Å². The van der Waals surface area contributed by atoms with Gasteiger partial charge in [0.25, 0.3) is 0 Å². The molecule has 1 saturated carbocycles. The van der Waals surface area contributed by atoms with E-state index in [0.717, 1.165) is 18.9 Å². The van der Waals surface area contributed by atoms with Crippen molar-refractivity contribution in [1.82, 2.24) is 15.5 Å². The second-order valence-electron chi connectivity index (χ2n) is 5.54. The van der Waals surface area contributed by atoms with Crippen LogP contribution in [0, 0.1) is 0 Å². The molecule has 98 valence electrons. The van der Waals surface area contributed by atoms with Crippen LogP contribution < -0.4 is 10.2 Å². The summed E-state index contributed by atoms with van der Waals surface area (Å²) >= 11 is 0. The normalized spacial score (nSPS) is 21.6. The first kappa shape index (κ1) is 11.9. The van der Waals surface area contributed by atoms with Crippen LogP contribution in [0.25, 0.3) is 0 Å². The number of hydrogen-bond donors (Lipinski definition) is 1. The Bertz CT molecular complexity index is 379. The van der Waals surface area contributed by atoms with Gasteiger partial charge in [0.15, 0.2) is 5.82 Å². The Labute approximate surface area is 109 Å². The lowest BCUT2D eigenvalue weighted by atomic mass is 9.83.